The summed E-state index contributed by atoms with van der Waals surface area (Å²) in [4.78, 5) is 11.3. The summed E-state index contributed by atoms with van der Waals surface area (Å²) in [5.74, 6) is 2.25. The Morgan fingerprint density at radius 1 is 1.17 bits per heavy atom. The van der Waals surface area contributed by atoms with Gasteiger partial charge in [0.25, 0.3) is 0 Å². The van der Waals surface area contributed by atoms with Crippen molar-refractivity contribution in [3.63, 3.8) is 0 Å². The van der Waals surface area contributed by atoms with E-state index >= 15 is 0 Å². The number of aromatic nitrogens is 2. The first-order chi connectivity index (χ1) is 11.2. The molecule has 2 aromatic rings. The van der Waals surface area contributed by atoms with Crippen molar-refractivity contribution in [1.82, 2.24) is 9.97 Å². The molecule has 1 N–H and O–H groups in total. The van der Waals surface area contributed by atoms with Gasteiger partial charge in [-0.25, -0.2) is 9.37 Å². The maximum absolute atomic E-state index is 12.9. The largest absolute Gasteiger partial charge is 0.370 e. The molecule has 5 heteroatoms. The summed E-state index contributed by atoms with van der Waals surface area (Å²) in [5.41, 5.74) is 1.11. The Hall–Kier alpha value is -2.17. The fourth-order valence-corrected chi connectivity index (χ4v) is 2.79. The molecule has 0 bridgehead atoms. The summed E-state index contributed by atoms with van der Waals surface area (Å²) in [7, 11) is 0. The van der Waals surface area contributed by atoms with Crippen molar-refractivity contribution in [3.05, 3.63) is 47.9 Å². The van der Waals surface area contributed by atoms with Crippen LogP contribution in [0.2, 0.25) is 0 Å². The van der Waals surface area contributed by atoms with Gasteiger partial charge in [-0.3, -0.25) is 0 Å². The van der Waals surface area contributed by atoms with Crippen LogP contribution in [0.5, 0.6) is 0 Å². The third-order valence-electron chi connectivity index (χ3n) is 4.34. The minimum atomic E-state index is -0.196. The summed E-state index contributed by atoms with van der Waals surface area (Å²) in [5, 5.41) is 3.32. The van der Waals surface area contributed by atoms with E-state index in [0.717, 1.165) is 49.3 Å². The lowest BCUT2D eigenvalue weighted by atomic mass is 10.00. The maximum Gasteiger partial charge on any atom is 0.227 e. The molecular formula is C18H23FN4. The number of benzene rings is 1. The molecule has 1 aliphatic rings. The molecule has 1 aromatic carbocycles. The summed E-state index contributed by atoms with van der Waals surface area (Å²) >= 11 is 0. The topological polar surface area (TPSA) is 41.1 Å². The van der Waals surface area contributed by atoms with Crippen LogP contribution in [-0.4, -0.2) is 29.6 Å². The second-order valence-corrected chi connectivity index (χ2v) is 6.21. The Balaban J connectivity index is 1.54. The highest BCUT2D eigenvalue weighted by Gasteiger charge is 2.17. The Morgan fingerprint density at radius 3 is 2.65 bits per heavy atom. The molecule has 0 spiro atoms. The van der Waals surface area contributed by atoms with Crippen LogP contribution >= 0.6 is 0 Å². The van der Waals surface area contributed by atoms with Crippen LogP contribution < -0.4 is 10.2 Å². The molecule has 4 nitrogen and oxygen atoms in total. The average molecular weight is 314 g/mol. The summed E-state index contributed by atoms with van der Waals surface area (Å²) in [6, 6.07) is 8.51. The van der Waals surface area contributed by atoms with Crippen molar-refractivity contribution in [2.75, 3.05) is 29.9 Å². The second kappa shape index (κ2) is 7.40. The Kier molecular flexibility index (Phi) is 5.05. The van der Waals surface area contributed by atoms with E-state index in [1.54, 1.807) is 6.20 Å². The van der Waals surface area contributed by atoms with E-state index < -0.39 is 0 Å². The predicted molar refractivity (Wildman–Crippen MR) is 91.2 cm³/mol. The van der Waals surface area contributed by atoms with Crippen LogP contribution in [0, 0.1) is 11.7 Å². The zero-order chi connectivity index (χ0) is 16.1. The molecule has 0 amide bonds. The Morgan fingerprint density at radius 2 is 1.91 bits per heavy atom. The van der Waals surface area contributed by atoms with Crippen LogP contribution in [0.25, 0.3) is 0 Å². The fraction of sp³-hybridized carbons (Fsp3) is 0.444. The number of piperidine rings is 1. The lowest BCUT2D eigenvalue weighted by molar-refractivity contribution is 0.434. The van der Waals surface area contributed by atoms with Gasteiger partial charge in [-0.05, 0) is 48.9 Å². The van der Waals surface area contributed by atoms with E-state index in [-0.39, 0.29) is 5.82 Å². The normalized spacial score (nSPS) is 15.7. The molecule has 1 fully saturated rings. The lowest BCUT2D eigenvalue weighted by Gasteiger charge is -2.30. The Bertz CT molecular complexity index is 621. The van der Waals surface area contributed by atoms with Crippen LogP contribution in [-0.2, 0) is 6.42 Å². The molecule has 0 aliphatic carbocycles. The Labute approximate surface area is 136 Å². The zero-order valence-electron chi connectivity index (χ0n) is 13.5. The minimum Gasteiger partial charge on any atom is -0.370 e. The van der Waals surface area contributed by atoms with Gasteiger partial charge in [0.05, 0.1) is 0 Å². The zero-order valence-corrected chi connectivity index (χ0v) is 13.5. The highest BCUT2D eigenvalue weighted by Crippen LogP contribution is 2.20. The van der Waals surface area contributed by atoms with Crippen LogP contribution in [0.15, 0.2) is 36.5 Å². The van der Waals surface area contributed by atoms with Gasteiger partial charge >= 0.3 is 0 Å². The molecule has 1 saturated heterocycles. The van der Waals surface area contributed by atoms with Crippen molar-refractivity contribution in [2.45, 2.75) is 26.2 Å². The number of rotatable bonds is 5. The summed E-state index contributed by atoms with van der Waals surface area (Å²) in [6.07, 6.45) is 5.04. The van der Waals surface area contributed by atoms with Crippen LogP contribution in [0.4, 0.5) is 16.2 Å². The molecule has 2 heterocycles. The quantitative estimate of drug-likeness (QED) is 0.917. The van der Waals surface area contributed by atoms with Crippen molar-refractivity contribution >= 4 is 11.8 Å². The van der Waals surface area contributed by atoms with Gasteiger partial charge in [0.1, 0.15) is 11.6 Å². The summed E-state index contributed by atoms with van der Waals surface area (Å²) in [6.45, 7) is 5.12. The standard InChI is InChI=1S/C18H23FN4/c1-14-8-12-23(13-9-14)18-21-11-7-17(22-18)20-10-6-15-2-4-16(19)5-3-15/h2-5,7,11,14H,6,8-10,12-13H2,1H3,(H,20,21,22). The molecule has 1 aromatic heterocycles. The van der Waals surface area contributed by atoms with Gasteiger partial charge in [-0.1, -0.05) is 19.1 Å². The van der Waals surface area contributed by atoms with E-state index in [9.17, 15) is 4.39 Å². The predicted octanol–water partition coefficient (Wildman–Crippen LogP) is 3.51. The second-order valence-electron chi connectivity index (χ2n) is 6.21. The number of halogens is 1. The molecule has 23 heavy (non-hydrogen) atoms. The number of nitrogens with zero attached hydrogens (tertiary/aromatic N) is 3. The van der Waals surface area contributed by atoms with Crippen molar-refractivity contribution in [1.29, 1.82) is 0 Å². The smallest absolute Gasteiger partial charge is 0.227 e. The molecule has 0 radical (unpaired) electrons. The monoisotopic (exact) mass is 314 g/mol. The molecule has 3 rings (SSSR count). The van der Waals surface area contributed by atoms with Crippen molar-refractivity contribution in [2.24, 2.45) is 5.92 Å². The van der Waals surface area contributed by atoms with Gasteiger partial charge in [-0.2, -0.15) is 4.98 Å². The number of hydrogen-bond donors (Lipinski definition) is 1. The SMILES string of the molecule is CC1CCN(c2nccc(NCCc3ccc(F)cc3)n2)CC1. The molecule has 0 saturated carbocycles. The van der Waals surface area contributed by atoms with Crippen molar-refractivity contribution < 1.29 is 4.39 Å². The highest BCUT2D eigenvalue weighted by molar-refractivity contribution is 5.41. The van der Waals surface area contributed by atoms with Crippen LogP contribution in [0.3, 0.4) is 0 Å². The molecule has 122 valence electrons. The first-order valence-corrected chi connectivity index (χ1v) is 8.27. The number of hydrogen-bond acceptors (Lipinski definition) is 4. The van der Waals surface area contributed by atoms with Crippen LogP contribution in [0.1, 0.15) is 25.3 Å². The summed E-state index contributed by atoms with van der Waals surface area (Å²) < 4.78 is 12.9. The molecule has 0 atom stereocenters. The average Bonchev–Trinajstić information content (AvgIpc) is 2.58. The van der Waals surface area contributed by atoms with E-state index in [2.05, 4.69) is 27.1 Å². The molecular weight excluding hydrogens is 291 g/mol. The number of nitrogens with one attached hydrogen (secondary N) is 1. The lowest BCUT2D eigenvalue weighted by Crippen LogP contribution is -2.34. The third kappa shape index (κ3) is 4.41. The third-order valence-corrected chi connectivity index (χ3v) is 4.34. The van der Waals surface area contributed by atoms with Gasteiger partial charge in [0.2, 0.25) is 5.95 Å². The highest BCUT2D eigenvalue weighted by atomic mass is 19.1. The van der Waals surface area contributed by atoms with E-state index in [1.165, 1.54) is 25.0 Å². The molecule has 1 aliphatic heterocycles. The minimum absolute atomic E-state index is 0.196. The number of anilines is 2. The van der Waals surface area contributed by atoms with E-state index in [4.69, 9.17) is 0 Å². The van der Waals surface area contributed by atoms with Gasteiger partial charge < -0.3 is 10.2 Å². The molecule has 0 unspecified atom stereocenters. The first kappa shape index (κ1) is 15.7. The van der Waals surface area contributed by atoms with Gasteiger partial charge in [-0.15, -0.1) is 0 Å². The first-order valence-electron chi connectivity index (χ1n) is 8.27. The van der Waals surface area contributed by atoms with Crippen molar-refractivity contribution in [3.8, 4) is 0 Å². The van der Waals surface area contributed by atoms with E-state index in [1.807, 2.05) is 18.2 Å². The van der Waals surface area contributed by atoms with E-state index in [0.29, 0.717) is 0 Å². The van der Waals surface area contributed by atoms with Gasteiger partial charge in [0.15, 0.2) is 0 Å². The maximum atomic E-state index is 12.9. The van der Waals surface area contributed by atoms with Gasteiger partial charge in [0, 0.05) is 25.8 Å². The fourth-order valence-electron chi connectivity index (χ4n) is 2.79.